The zero-order chi connectivity index (χ0) is 16.2. The van der Waals surface area contributed by atoms with Crippen LogP contribution in [0.4, 0.5) is 16.3 Å². The highest BCUT2D eigenvalue weighted by atomic mass is 32.1. The summed E-state index contributed by atoms with van der Waals surface area (Å²) in [5.41, 5.74) is 3.31. The van der Waals surface area contributed by atoms with E-state index in [0.717, 1.165) is 10.2 Å². The third-order valence-corrected chi connectivity index (χ3v) is 3.64. The third kappa shape index (κ3) is 3.61. The number of methoxy groups -OCH3 is 1. The number of thiazole rings is 1. The Bertz CT molecular complexity index is 858. The summed E-state index contributed by atoms with van der Waals surface area (Å²) in [6, 6.07) is 5.47. The molecule has 0 saturated heterocycles. The van der Waals surface area contributed by atoms with Crippen LogP contribution in [0.2, 0.25) is 0 Å². The Morgan fingerprint density at radius 1 is 1.35 bits per heavy atom. The van der Waals surface area contributed by atoms with Crippen molar-refractivity contribution in [2.75, 3.05) is 17.7 Å². The number of carbonyl (C=O) groups excluding carboxylic acids is 2. The summed E-state index contributed by atoms with van der Waals surface area (Å²) < 4.78 is 5.43. The van der Waals surface area contributed by atoms with Gasteiger partial charge in [-0.15, -0.1) is 16.4 Å². The lowest BCUT2D eigenvalue weighted by atomic mass is 10.3. The summed E-state index contributed by atoms with van der Waals surface area (Å²) >= 11 is 1.50. The second-order valence-electron chi connectivity index (χ2n) is 4.46. The molecular weight excluding hydrogens is 320 g/mol. The predicted molar refractivity (Wildman–Crippen MR) is 84.3 cm³/mol. The average Bonchev–Trinajstić information content (AvgIpc) is 3.15. The molecule has 0 radical (unpaired) electrons. The van der Waals surface area contributed by atoms with Crippen LogP contribution in [0.3, 0.4) is 0 Å². The molecule has 2 N–H and O–H groups in total. The fourth-order valence-corrected chi connectivity index (χ4v) is 2.56. The number of nitrogens with zero attached hydrogens (tertiary/aromatic N) is 4. The Kier molecular flexibility index (Phi) is 4.15. The number of benzene rings is 1. The van der Waals surface area contributed by atoms with E-state index in [4.69, 9.17) is 0 Å². The van der Waals surface area contributed by atoms with Gasteiger partial charge < -0.3 is 10.1 Å². The molecule has 2 heterocycles. The highest BCUT2D eigenvalue weighted by Gasteiger charge is 2.09. The molecule has 2 aromatic heterocycles. The molecule has 2 amide bonds. The number of aromatic nitrogens is 4. The minimum atomic E-state index is -0.653. The predicted octanol–water partition coefficient (Wildman–Crippen LogP) is 1.70. The zero-order valence-electron chi connectivity index (χ0n) is 12.0. The normalized spacial score (nSPS) is 10.5. The van der Waals surface area contributed by atoms with Crippen molar-refractivity contribution >= 4 is 45.1 Å². The van der Waals surface area contributed by atoms with Gasteiger partial charge in [-0.05, 0) is 18.2 Å². The highest BCUT2D eigenvalue weighted by Crippen LogP contribution is 2.21. The van der Waals surface area contributed by atoms with Crippen LogP contribution in [-0.4, -0.2) is 39.1 Å². The largest absolute Gasteiger partial charge is 0.453 e. The molecule has 0 bridgehead atoms. The molecule has 10 heteroatoms. The molecule has 9 nitrogen and oxygen atoms in total. The first-order valence-electron chi connectivity index (χ1n) is 6.52. The van der Waals surface area contributed by atoms with Gasteiger partial charge in [-0.25, -0.2) is 9.78 Å². The smallest absolute Gasteiger partial charge is 0.412 e. The standard InChI is InChI=1S/C13H12N6O3S/c1-22-13(21)17-11-5-15-19(18-11)6-12(20)16-8-2-3-9-10(4-8)23-7-14-9/h2-5,7H,6H2,1H3,(H,16,20)(H,17,18,21). The molecule has 0 aliphatic carbocycles. The molecule has 0 aliphatic heterocycles. The van der Waals surface area contributed by atoms with Gasteiger partial charge in [0.1, 0.15) is 6.54 Å². The summed E-state index contributed by atoms with van der Waals surface area (Å²) in [6.45, 7) is -0.0798. The van der Waals surface area contributed by atoms with Gasteiger partial charge in [0.25, 0.3) is 0 Å². The molecule has 0 atom stereocenters. The Morgan fingerprint density at radius 2 is 2.22 bits per heavy atom. The van der Waals surface area contributed by atoms with E-state index in [1.807, 2.05) is 12.1 Å². The molecule has 1 aromatic carbocycles. The zero-order valence-corrected chi connectivity index (χ0v) is 12.8. The molecule has 0 saturated carbocycles. The maximum absolute atomic E-state index is 12.0. The number of nitrogens with one attached hydrogen (secondary N) is 2. The lowest BCUT2D eigenvalue weighted by molar-refractivity contribution is -0.117. The van der Waals surface area contributed by atoms with E-state index in [1.54, 1.807) is 11.6 Å². The number of anilines is 2. The number of hydrogen-bond donors (Lipinski definition) is 2. The molecule has 0 fully saturated rings. The maximum Gasteiger partial charge on any atom is 0.412 e. The first-order chi connectivity index (χ1) is 11.1. The molecule has 0 aliphatic rings. The van der Waals surface area contributed by atoms with Crippen molar-refractivity contribution in [3.05, 3.63) is 29.9 Å². The lowest BCUT2D eigenvalue weighted by Gasteiger charge is -2.04. The Labute approximate surface area is 134 Å². The second-order valence-corrected chi connectivity index (χ2v) is 5.35. The van der Waals surface area contributed by atoms with E-state index >= 15 is 0 Å². The van der Waals surface area contributed by atoms with Crippen LogP contribution in [-0.2, 0) is 16.1 Å². The summed E-state index contributed by atoms with van der Waals surface area (Å²) in [6.07, 6.45) is 0.674. The van der Waals surface area contributed by atoms with E-state index in [-0.39, 0.29) is 18.3 Å². The van der Waals surface area contributed by atoms with Crippen LogP contribution >= 0.6 is 11.3 Å². The van der Waals surface area contributed by atoms with Gasteiger partial charge in [-0.1, -0.05) is 0 Å². The van der Waals surface area contributed by atoms with Crippen molar-refractivity contribution in [3.8, 4) is 0 Å². The van der Waals surface area contributed by atoms with Crippen LogP contribution in [0.5, 0.6) is 0 Å². The van der Waals surface area contributed by atoms with Gasteiger partial charge in [0.2, 0.25) is 5.91 Å². The summed E-state index contributed by atoms with van der Waals surface area (Å²) in [5, 5.41) is 13.0. The summed E-state index contributed by atoms with van der Waals surface area (Å²) in [4.78, 5) is 28.4. The number of hydrogen-bond acceptors (Lipinski definition) is 7. The van der Waals surface area contributed by atoms with E-state index in [0.29, 0.717) is 5.69 Å². The molecule has 23 heavy (non-hydrogen) atoms. The number of amides is 2. The first kappa shape index (κ1) is 14.9. The number of rotatable bonds is 4. The summed E-state index contributed by atoms with van der Waals surface area (Å²) in [7, 11) is 1.24. The molecule has 3 aromatic rings. The lowest BCUT2D eigenvalue weighted by Crippen LogP contribution is -2.20. The molecule has 118 valence electrons. The maximum atomic E-state index is 12.0. The van der Waals surface area contributed by atoms with E-state index < -0.39 is 6.09 Å². The molecule has 0 spiro atoms. The van der Waals surface area contributed by atoms with Gasteiger partial charge in [-0.3, -0.25) is 10.1 Å². The number of fused-ring (bicyclic) bond motifs is 1. The van der Waals surface area contributed by atoms with Gasteiger partial charge in [0.15, 0.2) is 5.82 Å². The fraction of sp³-hybridized carbons (Fsp3) is 0.154. The van der Waals surface area contributed by atoms with Crippen molar-refractivity contribution in [2.45, 2.75) is 6.54 Å². The molecule has 3 rings (SSSR count). The first-order valence-corrected chi connectivity index (χ1v) is 7.40. The highest BCUT2D eigenvalue weighted by molar-refractivity contribution is 7.16. The molecular formula is C13H12N6O3S. The van der Waals surface area contributed by atoms with E-state index in [2.05, 4.69) is 30.6 Å². The Hall–Kier alpha value is -3.01. The topological polar surface area (TPSA) is 111 Å². The van der Waals surface area contributed by atoms with E-state index in [9.17, 15) is 9.59 Å². The van der Waals surface area contributed by atoms with Crippen molar-refractivity contribution in [2.24, 2.45) is 0 Å². The third-order valence-electron chi connectivity index (χ3n) is 2.85. The Morgan fingerprint density at radius 3 is 3.04 bits per heavy atom. The minimum Gasteiger partial charge on any atom is -0.453 e. The van der Waals surface area contributed by atoms with Gasteiger partial charge in [0.05, 0.1) is 29.0 Å². The van der Waals surface area contributed by atoms with Gasteiger partial charge >= 0.3 is 6.09 Å². The minimum absolute atomic E-state index is 0.0798. The number of ether oxygens (including phenoxy) is 1. The quantitative estimate of drug-likeness (QED) is 0.752. The summed E-state index contributed by atoms with van der Waals surface area (Å²) in [5.74, 6) is -0.0789. The van der Waals surface area contributed by atoms with Crippen molar-refractivity contribution in [1.29, 1.82) is 0 Å². The fourth-order valence-electron chi connectivity index (χ4n) is 1.85. The van der Waals surface area contributed by atoms with E-state index in [1.165, 1.54) is 29.4 Å². The Balaban J connectivity index is 1.61. The SMILES string of the molecule is COC(=O)Nc1cnn(CC(=O)Nc2ccc3ncsc3c2)n1. The van der Waals surface area contributed by atoms with Crippen LogP contribution < -0.4 is 10.6 Å². The van der Waals surface area contributed by atoms with Gasteiger partial charge in [0, 0.05) is 5.69 Å². The van der Waals surface area contributed by atoms with Crippen LogP contribution in [0, 0.1) is 0 Å². The van der Waals surface area contributed by atoms with Crippen LogP contribution in [0.25, 0.3) is 10.2 Å². The average molecular weight is 332 g/mol. The monoisotopic (exact) mass is 332 g/mol. The van der Waals surface area contributed by atoms with Gasteiger partial charge in [-0.2, -0.15) is 9.90 Å². The molecule has 0 unspecified atom stereocenters. The van der Waals surface area contributed by atoms with Crippen molar-refractivity contribution < 1.29 is 14.3 Å². The van der Waals surface area contributed by atoms with Crippen LogP contribution in [0.15, 0.2) is 29.9 Å². The van der Waals surface area contributed by atoms with Crippen molar-refractivity contribution in [3.63, 3.8) is 0 Å². The number of carbonyl (C=O) groups is 2. The van der Waals surface area contributed by atoms with Crippen LogP contribution in [0.1, 0.15) is 0 Å². The van der Waals surface area contributed by atoms with Crippen molar-refractivity contribution in [1.82, 2.24) is 20.0 Å². The second kappa shape index (κ2) is 6.40.